The number of allylic oxidation sites excluding steroid dienone is 6. The van der Waals surface area contributed by atoms with Gasteiger partial charge >= 0.3 is 0 Å². The van der Waals surface area contributed by atoms with Crippen molar-refractivity contribution >= 4 is 22.9 Å². The number of rotatable bonds is 7. The Morgan fingerprint density at radius 2 is 1.95 bits per heavy atom. The summed E-state index contributed by atoms with van der Waals surface area (Å²) in [5, 5.41) is 10.1. The van der Waals surface area contributed by atoms with Crippen LogP contribution in [0.2, 0.25) is 0 Å². The van der Waals surface area contributed by atoms with Crippen molar-refractivity contribution in [3.8, 4) is 0 Å². The van der Waals surface area contributed by atoms with Crippen LogP contribution in [0.1, 0.15) is 72.4 Å². The Labute approximate surface area is 245 Å². The molecule has 1 unspecified atom stereocenters. The minimum atomic E-state index is -0.790. The van der Waals surface area contributed by atoms with Crippen molar-refractivity contribution < 1.29 is 23.1 Å². The van der Waals surface area contributed by atoms with E-state index in [9.17, 15) is 18.8 Å². The van der Waals surface area contributed by atoms with Gasteiger partial charge in [0.2, 0.25) is 0 Å². The van der Waals surface area contributed by atoms with Gasteiger partial charge in [-0.1, -0.05) is 11.6 Å². The Hall–Kier alpha value is -4.87. The summed E-state index contributed by atoms with van der Waals surface area (Å²) in [5.74, 6) is -1.63. The number of fused-ring (bicyclic) bond motifs is 1. The summed E-state index contributed by atoms with van der Waals surface area (Å²) in [7, 11) is 2.92. The summed E-state index contributed by atoms with van der Waals surface area (Å²) < 4.78 is 37.1. The molecular weight excluding hydrogens is 558 g/mol. The van der Waals surface area contributed by atoms with E-state index in [2.05, 4.69) is 25.7 Å². The highest BCUT2D eigenvalue weighted by atomic mass is 19.1. The average Bonchev–Trinajstić information content (AvgIpc) is 3.68. The molecule has 0 radical (unpaired) electrons. The third-order valence-electron chi connectivity index (χ3n) is 8.33. The van der Waals surface area contributed by atoms with Crippen molar-refractivity contribution in [1.82, 2.24) is 30.2 Å². The molecule has 3 N–H and O–H groups in total. The number of H-pyrrole nitrogens is 1. The second-order valence-electron chi connectivity index (χ2n) is 11.0. The number of aromatic nitrogens is 4. The van der Waals surface area contributed by atoms with Crippen LogP contribution in [-0.4, -0.2) is 45.6 Å². The topological polar surface area (TPSA) is 130 Å². The van der Waals surface area contributed by atoms with Gasteiger partial charge in [-0.25, -0.2) is 18.3 Å². The van der Waals surface area contributed by atoms with Gasteiger partial charge in [-0.15, -0.1) is 0 Å². The Balaban J connectivity index is 1.38. The number of methoxy groups -OCH3 is 1. The van der Waals surface area contributed by atoms with Crippen LogP contribution < -0.4 is 16.2 Å². The van der Waals surface area contributed by atoms with Crippen LogP contribution in [0.25, 0.3) is 11.1 Å². The minimum Gasteiger partial charge on any atom is -0.496 e. The number of hydrogen-bond donors (Lipinski definition) is 3. The molecule has 1 fully saturated rings. The second-order valence-corrected chi connectivity index (χ2v) is 11.0. The molecule has 3 aliphatic rings. The molecular formula is C31H30F2N6O4. The number of hydrogen-bond acceptors (Lipinski definition) is 6. The first-order valence-electron chi connectivity index (χ1n) is 14.0. The average molecular weight is 589 g/mol. The van der Waals surface area contributed by atoms with E-state index in [1.165, 1.54) is 37.0 Å². The number of amides is 2. The van der Waals surface area contributed by atoms with Crippen molar-refractivity contribution in [2.45, 2.75) is 50.5 Å². The summed E-state index contributed by atoms with van der Waals surface area (Å²) in [4.78, 5) is 45.5. The lowest BCUT2D eigenvalue weighted by molar-refractivity contribution is -0.119. The molecule has 0 spiro atoms. The van der Waals surface area contributed by atoms with E-state index < -0.39 is 29.1 Å². The van der Waals surface area contributed by atoms with Gasteiger partial charge in [0.05, 0.1) is 23.8 Å². The molecule has 6 rings (SSSR count). The molecule has 43 heavy (non-hydrogen) atoms. The highest BCUT2D eigenvalue weighted by molar-refractivity contribution is 6.05. The van der Waals surface area contributed by atoms with Gasteiger partial charge in [-0.05, 0) is 62.0 Å². The van der Waals surface area contributed by atoms with Crippen LogP contribution in [0.3, 0.4) is 0 Å². The first-order valence-corrected chi connectivity index (χ1v) is 14.0. The summed E-state index contributed by atoms with van der Waals surface area (Å²) in [6.45, 7) is 1.83. The third-order valence-corrected chi connectivity index (χ3v) is 8.33. The van der Waals surface area contributed by atoms with Gasteiger partial charge < -0.3 is 20.4 Å². The molecule has 12 heteroatoms. The van der Waals surface area contributed by atoms with E-state index in [1.54, 1.807) is 24.4 Å². The molecule has 2 amide bonds. The molecule has 0 saturated heterocycles. The SMILES string of the molecule is CNC(=O)c1c(C2=CC=C(F)CC2)nn2ccc(C3CC(C(=O)NC4(c5nccc(=O)[nH]5)CC4)=C(OC)C=C3C)c(F)c12. The Morgan fingerprint density at radius 3 is 2.60 bits per heavy atom. The first-order chi connectivity index (χ1) is 20.7. The van der Waals surface area contributed by atoms with Gasteiger partial charge in [0.15, 0.2) is 5.82 Å². The lowest BCUT2D eigenvalue weighted by Gasteiger charge is -2.27. The van der Waals surface area contributed by atoms with Crippen LogP contribution in [-0.2, 0) is 15.1 Å². The predicted molar refractivity (Wildman–Crippen MR) is 154 cm³/mol. The summed E-state index contributed by atoms with van der Waals surface area (Å²) >= 11 is 0. The maximum atomic E-state index is 16.5. The minimum absolute atomic E-state index is 0.000802. The number of ether oxygens (including phenoxy) is 1. The number of pyridine rings is 1. The van der Waals surface area contributed by atoms with Gasteiger partial charge in [0, 0.05) is 37.8 Å². The van der Waals surface area contributed by atoms with Gasteiger partial charge in [-0.3, -0.25) is 14.4 Å². The third kappa shape index (κ3) is 4.96. The fourth-order valence-corrected chi connectivity index (χ4v) is 5.81. The molecule has 3 heterocycles. The van der Waals surface area contributed by atoms with Crippen LogP contribution >= 0.6 is 0 Å². The first kappa shape index (κ1) is 28.3. The molecule has 10 nitrogen and oxygen atoms in total. The Morgan fingerprint density at radius 1 is 1.16 bits per heavy atom. The van der Waals surface area contributed by atoms with Crippen molar-refractivity contribution in [3.63, 3.8) is 0 Å². The second kappa shape index (κ2) is 10.8. The highest BCUT2D eigenvalue weighted by Gasteiger charge is 2.49. The number of halogens is 2. The lowest BCUT2D eigenvalue weighted by Crippen LogP contribution is -2.39. The van der Waals surface area contributed by atoms with Crippen molar-refractivity contribution in [3.05, 3.63) is 104 Å². The van der Waals surface area contributed by atoms with E-state index in [1.807, 2.05) is 6.92 Å². The van der Waals surface area contributed by atoms with Crippen LogP contribution in [0, 0.1) is 5.82 Å². The molecule has 1 atom stereocenters. The maximum Gasteiger partial charge on any atom is 0.255 e. The maximum absolute atomic E-state index is 16.5. The Bertz CT molecular complexity index is 1860. The number of carbonyl (C=O) groups excluding carboxylic acids is 2. The van der Waals surface area contributed by atoms with E-state index in [4.69, 9.17) is 4.74 Å². The van der Waals surface area contributed by atoms with Crippen molar-refractivity contribution in [2.24, 2.45) is 0 Å². The van der Waals surface area contributed by atoms with Gasteiger partial charge in [0.25, 0.3) is 17.4 Å². The molecule has 222 valence electrons. The number of carbonyl (C=O) groups is 2. The summed E-state index contributed by atoms with van der Waals surface area (Å²) in [6.07, 6.45) is 9.43. The summed E-state index contributed by atoms with van der Waals surface area (Å²) in [6, 6.07) is 2.90. The van der Waals surface area contributed by atoms with Gasteiger partial charge in [0.1, 0.15) is 28.6 Å². The van der Waals surface area contributed by atoms with Crippen LogP contribution in [0.5, 0.6) is 0 Å². The zero-order chi connectivity index (χ0) is 30.5. The molecule has 0 aromatic carbocycles. The van der Waals surface area contributed by atoms with Crippen LogP contribution in [0.4, 0.5) is 8.78 Å². The molecule has 3 aromatic heterocycles. The molecule has 0 bridgehead atoms. The normalized spacial score (nSPS) is 19.4. The zero-order valence-electron chi connectivity index (χ0n) is 23.9. The summed E-state index contributed by atoms with van der Waals surface area (Å²) in [5.41, 5.74) is 1.26. The van der Waals surface area contributed by atoms with Crippen LogP contribution in [0.15, 0.2) is 70.3 Å². The number of nitrogens with one attached hydrogen (secondary N) is 3. The van der Waals surface area contributed by atoms with E-state index in [0.29, 0.717) is 47.7 Å². The molecule has 3 aromatic rings. The van der Waals surface area contributed by atoms with Gasteiger partial charge in [-0.2, -0.15) is 5.10 Å². The Kier molecular flexibility index (Phi) is 7.07. The van der Waals surface area contributed by atoms with Crippen molar-refractivity contribution in [1.29, 1.82) is 0 Å². The lowest BCUT2D eigenvalue weighted by atomic mass is 9.81. The predicted octanol–water partition coefficient (Wildman–Crippen LogP) is 4.09. The standard InChI is InChI=1S/C31H30F2N6O4/c1-16-14-22(43-3)21(28(41)37-31(10-11-31)30-35-12-8-23(40)36-30)15-20(16)19-9-13-39-27(25(19)33)24(29(42)34-2)26(38-39)17-4-6-18(32)7-5-17/h4,6,8-9,12-14,20H,5,7,10-11,15H2,1-3H3,(H,34,42)(H,37,41)(H,35,36,40). The highest BCUT2D eigenvalue weighted by Crippen LogP contribution is 2.45. The monoisotopic (exact) mass is 588 g/mol. The zero-order valence-corrected chi connectivity index (χ0v) is 23.9. The molecule has 3 aliphatic carbocycles. The molecule has 1 saturated carbocycles. The fourth-order valence-electron chi connectivity index (χ4n) is 5.81. The number of nitrogens with zero attached hydrogens (tertiary/aromatic N) is 3. The largest absolute Gasteiger partial charge is 0.496 e. The van der Waals surface area contributed by atoms with E-state index in [0.717, 1.165) is 5.57 Å². The van der Waals surface area contributed by atoms with Crippen molar-refractivity contribution in [2.75, 3.05) is 14.2 Å². The molecule has 0 aliphatic heterocycles. The van der Waals surface area contributed by atoms with E-state index in [-0.39, 0.29) is 40.9 Å². The number of aromatic amines is 1. The van der Waals surface area contributed by atoms with E-state index >= 15 is 4.39 Å². The quantitative estimate of drug-likeness (QED) is 0.381. The smallest absolute Gasteiger partial charge is 0.255 e. The fraction of sp³-hybridized carbons (Fsp3) is 0.323.